The van der Waals surface area contributed by atoms with Crippen LogP contribution in [0.15, 0.2) is 29.3 Å². The van der Waals surface area contributed by atoms with Crippen LogP contribution in [0.5, 0.6) is 0 Å². The maximum atomic E-state index is 6.22. The van der Waals surface area contributed by atoms with E-state index in [9.17, 15) is 0 Å². The lowest BCUT2D eigenvalue weighted by atomic mass is 9.69. The number of nitrogens with two attached hydrogens (primary N) is 1. The normalized spacial score (nSPS) is 21.6. The van der Waals surface area contributed by atoms with Gasteiger partial charge in [0.05, 0.1) is 6.54 Å². The molecule has 0 amide bonds. The summed E-state index contributed by atoms with van der Waals surface area (Å²) >= 11 is 0. The van der Waals surface area contributed by atoms with Gasteiger partial charge in [-0.1, -0.05) is 49.1 Å². The molecule has 0 aliphatic heterocycles. The molecule has 0 spiro atoms. The molecule has 0 heterocycles. The maximum Gasteiger partial charge on any atom is 0.191 e. The number of benzene rings is 1. The van der Waals surface area contributed by atoms with Crippen LogP contribution in [-0.4, -0.2) is 30.5 Å². The Morgan fingerprint density at radius 1 is 1.27 bits per heavy atom. The zero-order chi connectivity index (χ0) is 15.6. The number of nitrogens with zero attached hydrogens (tertiary/aromatic N) is 2. The molecule has 0 bridgehead atoms. The molecule has 2 aliphatic carbocycles. The van der Waals surface area contributed by atoms with E-state index >= 15 is 0 Å². The van der Waals surface area contributed by atoms with Crippen molar-refractivity contribution < 1.29 is 0 Å². The molecule has 0 radical (unpaired) electrons. The molecular formula is C19H29N3. The van der Waals surface area contributed by atoms with E-state index in [2.05, 4.69) is 43.1 Å². The third kappa shape index (κ3) is 3.29. The van der Waals surface area contributed by atoms with Crippen molar-refractivity contribution in [2.24, 2.45) is 10.7 Å². The minimum absolute atomic E-state index is 0.194. The van der Waals surface area contributed by atoms with Gasteiger partial charge in [-0.05, 0) is 38.2 Å². The number of hydrogen-bond acceptors (Lipinski definition) is 1. The van der Waals surface area contributed by atoms with Crippen LogP contribution in [0.25, 0.3) is 0 Å². The van der Waals surface area contributed by atoms with Gasteiger partial charge in [0.1, 0.15) is 0 Å². The van der Waals surface area contributed by atoms with E-state index in [-0.39, 0.29) is 5.41 Å². The zero-order valence-electron chi connectivity index (χ0n) is 14.0. The van der Waals surface area contributed by atoms with Gasteiger partial charge in [0.2, 0.25) is 0 Å². The van der Waals surface area contributed by atoms with Crippen LogP contribution >= 0.6 is 0 Å². The zero-order valence-corrected chi connectivity index (χ0v) is 14.0. The molecule has 2 aliphatic rings. The summed E-state index contributed by atoms with van der Waals surface area (Å²) in [5, 5.41) is 0. The Morgan fingerprint density at radius 2 is 2.00 bits per heavy atom. The molecule has 1 aromatic carbocycles. The maximum absolute atomic E-state index is 6.22. The largest absolute Gasteiger partial charge is 0.370 e. The fraction of sp³-hybridized carbons (Fsp3) is 0.632. The average molecular weight is 299 g/mol. The Labute approximate surface area is 134 Å². The fourth-order valence-corrected chi connectivity index (χ4v) is 3.73. The number of hydrogen-bond donors (Lipinski definition) is 1. The van der Waals surface area contributed by atoms with Crippen LogP contribution in [0.4, 0.5) is 0 Å². The summed E-state index contributed by atoms with van der Waals surface area (Å²) in [6, 6.07) is 9.63. The Balaban J connectivity index is 1.81. The second kappa shape index (κ2) is 6.31. The first-order valence-corrected chi connectivity index (χ1v) is 8.71. The molecule has 0 unspecified atom stereocenters. The highest BCUT2D eigenvalue weighted by atomic mass is 15.3. The summed E-state index contributed by atoms with van der Waals surface area (Å²) in [5.41, 5.74) is 9.21. The van der Waals surface area contributed by atoms with Gasteiger partial charge >= 0.3 is 0 Å². The second-order valence-electron chi connectivity index (χ2n) is 7.23. The third-order valence-corrected chi connectivity index (χ3v) is 5.44. The fourth-order valence-electron chi connectivity index (χ4n) is 3.73. The number of rotatable bonds is 4. The van der Waals surface area contributed by atoms with Gasteiger partial charge in [-0.25, -0.2) is 0 Å². The van der Waals surface area contributed by atoms with E-state index in [4.69, 9.17) is 10.7 Å². The lowest BCUT2D eigenvalue weighted by Crippen LogP contribution is -2.38. The smallest absolute Gasteiger partial charge is 0.191 e. The lowest BCUT2D eigenvalue weighted by molar-refractivity contribution is 0.300. The van der Waals surface area contributed by atoms with Crippen molar-refractivity contribution in [3.8, 4) is 0 Å². The molecule has 22 heavy (non-hydrogen) atoms. The minimum atomic E-state index is 0.194. The lowest BCUT2D eigenvalue weighted by Gasteiger charge is -2.37. The standard InChI is InChI=1S/C19H29N3/c1-15-7-6-8-16(13-15)19(11-4-3-5-12-19)14-21-18(20)22(2)17-9-10-17/h6-8,13,17H,3-5,9-12,14H2,1-2H3,(H2,20,21). The number of aryl methyl sites for hydroxylation is 1. The summed E-state index contributed by atoms with van der Waals surface area (Å²) in [6.07, 6.45) is 8.96. The summed E-state index contributed by atoms with van der Waals surface area (Å²) in [4.78, 5) is 6.97. The van der Waals surface area contributed by atoms with E-state index < -0.39 is 0 Å². The van der Waals surface area contributed by atoms with E-state index in [1.165, 1.54) is 56.1 Å². The Bertz CT molecular complexity index is 539. The first kappa shape index (κ1) is 15.4. The summed E-state index contributed by atoms with van der Waals surface area (Å²) in [5.74, 6) is 0.722. The summed E-state index contributed by atoms with van der Waals surface area (Å²) in [6.45, 7) is 3.01. The van der Waals surface area contributed by atoms with E-state index in [1.54, 1.807) is 0 Å². The van der Waals surface area contributed by atoms with Crippen molar-refractivity contribution in [1.82, 2.24) is 4.90 Å². The topological polar surface area (TPSA) is 41.6 Å². The Morgan fingerprint density at radius 3 is 2.64 bits per heavy atom. The predicted molar refractivity (Wildman–Crippen MR) is 93.2 cm³/mol. The molecule has 2 saturated carbocycles. The van der Waals surface area contributed by atoms with Crippen LogP contribution in [0.2, 0.25) is 0 Å². The molecule has 2 N–H and O–H groups in total. The van der Waals surface area contributed by atoms with Gasteiger partial charge < -0.3 is 10.6 Å². The molecule has 1 aromatic rings. The number of guanidine groups is 1. The van der Waals surface area contributed by atoms with Crippen molar-refractivity contribution in [3.63, 3.8) is 0 Å². The third-order valence-electron chi connectivity index (χ3n) is 5.44. The van der Waals surface area contributed by atoms with Crippen LogP contribution in [0.3, 0.4) is 0 Å². The Hall–Kier alpha value is -1.51. The molecule has 3 rings (SSSR count). The van der Waals surface area contributed by atoms with Crippen molar-refractivity contribution in [2.75, 3.05) is 13.6 Å². The van der Waals surface area contributed by atoms with Crippen LogP contribution < -0.4 is 5.73 Å². The molecule has 0 saturated heterocycles. The van der Waals surface area contributed by atoms with E-state index in [1.807, 2.05) is 0 Å². The first-order valence-electron chi connectivity index (χ1n) is 8.71. The van der Waals surface area contributed by atoms with Crippen molar-refractivity contribution in [2.45, 2.75) is 63.3 Å². The quantitative estimate of drug-likeness (QED) is 0.681. The monoisotopic (exact) mass is 299 g/mol. The van der Waals surface area contributed by atoms with Crippen LogP contribution in [0.1, 0.15) is 56.1 Å². The highest BCUT2D eigenvalue weighted by molar-refractivity contribution is 5.78. The van der Waals surface area contributed by atoms with Gasteiger partial charge in [-0.2, -0.15) is 0 Å². The SMILES string of the molecule is Cc1cccc(C2(CN=C(N)N(C)C3CC3)CCCCC2)c1. The highest BCUT2D eigenvalue weighted by Gasteiger charge is 2.34. The van der Waals surface area contributed by atoms with Crippen molar-refractivity contribution >= 4 is 5.96 Å². The van der Waals surface area contributed by atoms with Crippen LogP contribution in [0, 0.1) is 6.92 Å². The first-order chi connectivity index (χ1) is 10.6. The molecule has 0 atom stereocenters. The molecule has 3 nitrogen and oxygen atoms in total. The van der Waals surface area contributed by atoms with Crippen molar-refractivity contribution in [1.29, 1.82) is 0 Å². The molecule has 2 fully saturated rings. The molecule has 0 aromatic heterocycles. The minimum Gasteiger partial charge on any atom is -0.370 e. The highest BCUT2D eigenvalue weighted by Crippen LogP contribution is 2.40. The van der Waals surface area contributed by atoms with Gasteiger partial charge in [0.25, 0.3) is 0 Å². The molecule has 3 heteroatoms. The van der Waals surface area contributed by atoms with Gasteiger partial charge in [-0.3, -0.25) is 4.99 Å². The second-order valence-corrected chi connectivity index (χ2v) is 7.23. The summed E-state index contributed by atoms with van der Waals surface area (Å²) < 4.78 is 0. The van der Waals surface area contributed by atoms with E-state index in [0.29, 0.717) is 6.04 Å². The van der Waals surface area contributed by atoms with Gasteiger partial charge in [-0.15, -0.1) is 0 Å². The van der Waals surface area contributed by atoms with E-state index in [0.717, 1.165) is 12.5 Å². The molecule has 120 valence electrons. The van der Waals surface area contributed by atoms with Crippen LogP contribution in [-0.2, 0) is 5.41 Å². The summed E-state index contributed by atoms with van der Waals surface area (Å²) in [7, 11) is 2.08. The Kier molecular flexibility index (Phi) is 4.42. The molecular weight excluding hydrogens is 270 g/mol. The average Bonchev–Trinajstić information content (AvgIpc) is 3.38. The van der Waals surface area contributed by atoms with Crippen molar-refractivity contribution in [3.05, 3.63) is 35.4 Å². The van der Waals surface area contributed by atoms with Gasteiger partial charge in [0, 0.05) is 18.5 Å². The predicted octanol–water partition coefficient (Wildman–Crippen LogP) is 3.61. The number of aliphatic imine (C=N–C) groups is 1. The van der Waals surface area contributed by atoms with Gasteiger partial charge in [0.15, 0.2) is 5.96 Å².